The van der Waals surface area contributed by atoms with Crippen molar-refractivity contribution in [3.63, 3.8) is 0 Å². The van der Waals surface area contributed by atoms with Gasteiger partial charge in [-0.2, -0.15) is 0 Å². The summed E-state index contributed by atoms with van der Waals surface area (Å²) in [5.41, 5.74) is 0.621. The smallest absolute Gasteiger partial charge is 0.238 e. The van der Waals surface area contributed by atoms with Gasteiger partial charge in [0.2, 0.25) is 5.91 Å². The number of hydrogen-bond donors (Lipinski definition) is 1. The lowest BCUT2D eigenvalue weighted by Gasteiger charge is -2.11. The van der Waals surface area contributed by atoms with Crippen LogP contribution in [0.15, 0.2) is 10.6 Å². The van der Waals surface area contributed by atoms with Crippen LogP contribution < -0.4 is 5.32 Å². The van der Waals surface area contributed by atoms with Gasteiger partial charge in [-0.05, 0) is 26.7 Å². The fourth-order valence-corrected chi connectivity index (χ4v) is 2.69. The van der Waals surface area contributed by atoms with Crippen molar-refractivity contribution in [2.45, 2.75) is 43.7 Å². The summed E-state index contributed by atoms with van der Waals surface area (Å²) in [5, 5.41) is 5.24. The van der Waals surface area contributed by atoms with Crippen molar-refractivity contribution >= 4 is 15.7 Å². The molecular weight excluding hydrogens is 256 g/mol. The van der Waals surface area contributed by atoms with Crippen molar-refractivity contribution in [1.29, 1.82) is 0 Å². The third-order valence-corrected chi connectivity index (χ3v) is 4.83. The molecule has 0 aliphatic heterocycles. The lowest BCUT2D eigenvalue weighted by Crippen LogP contribution is -2.39. The molecule has 2 rings (SSSR count). The maximum absolute atomic E-state index is 12.0. The van der Waals surface area contributed by atoms with E-state index in [1.54, 1.807) is 13.0 Å². The van der Waals surface area contributed by atoms with Gasteiger partial charge in [0.1, 0.15) is 11.0 Å². The summed E-state index contributed by atoms with van der Waals surface area (Å²) in [6.07, 6.45) is 1.86. The molecule has 6 nitrogen and oxygen atoms in total. The highest BCUT2D eigenvalue weighted by Gasteiger charge is 2.33. The number of carbonyl (C=O) groups excluding carboxylic acids is 1. The molecule has 1 amide bonds. The van der Waals surface area contributed by atoms with Gasteiger partial charge in [-0.15, -0.1) is 0 Å². The van der Waals surface area contributed by atoms with Gasteiger partial charge in [0.25, 0.3) is 0 Å². The predicted octanol–water partition coefficient (Wildman–Crippen LogP) is 0.565. The van der Waals surface area contributed by atoms with E-state index < -0.39 is 21.0 Å². The summed E-state index contributed by atoms with van der Waals surface area (Å²) in [6, 6.07) is 1.71. The Balaban J connectivity index is 2.02. The molecule has 1 aromatic rings. The summed E-state index contributed by atoms with van der Waals surface area (Å²) in [5.74, 6) is -0.472. The molecule has 1 aliphatic carbocycles. The molecular formula is C11H16N2O4S. The van der Waals surface area contributed by atoms with Gasteiger partial charge in [0, 0.05) is 12.1 Å². The number of nitrogens with one attached hydrogen (secondary N) is 1. The van der Waals surface area contributed by atoms with Crippen molar-refractivity contribution in [2.75, 3.05) is 0 Å². The Morgan fingerprint density at radius 2 is 2.28 bits per heavy atom. The second-order valence-electron chi connectivity index (χ2n) is 4.67. The molecule has 0 saturated heterocycles. The Morgan fingerprint density at radius 3 is 2.78 bits per heavy atom. The van der Waals surface area contributed by atoms with Crippen molar-refractivity contribution in [2.24, 2.45) is 0 Å². The molecule has 0 aromatic carbocycles. The first kappa shape index (κ1) is 13.1. The van der Waals surface area contributed by atoms with Crippen LogP contribution in [0.4, 0.5) is 0 Å². The van der Waals surface area contributed by atoms with E-state index in [4.69, 9.17) is 4.52 Å². The molecule has 18 heavy (non-hydrogen) atoms. The zero-order valence-corrected chi connectivity index (χ0v) is 11.2. The first-order chi connectivity index (χ1) is 8.38. The average Bonchev–Trinajstić information content (AvgIpc) is 3.00. The monoisotopic (exact) mass is 272 g/mol. The van der Waals surface area contributed by atoms with Crippen LogP contribution in [0, 0.1) is 6.92 Å². The minimum Gasteiger partial charge on any atom is -0.360 e. The van der Waals surface area contributed by atoms with Crippen LogP contribution in [0.25, 0.3) is 0 Å². The largest absolute Gasteiger partial charge is 0.360 e. The lowest BCUT2D eigenvalue weighted by atomic mass is 10.4. The van der Waals surface area contributed by atoms with Crippen molar-refractivity contribution < 1.29 is 17.7 Å². The van der Waals surface area contributed by atoms with Crippen molar-refractivity contribution in [1.82, 2.24) is 10.5 Å². The van der Waals surface area contributed by atoms with E-state index in [9.17, 15) is 13.2 Å². The predicted molar refractivity (Wildman–Crippen MR) is 64.5 cm³/mol. The van der Waals surface area contributed by atoms with Crippen molar-refractivity contribution in [3.05, 3.63) is 17.5 Å². The molecule has 0 spiro atoms. The maximum atomic E-state index is 12.0. The molecule has 100 valence electrons. The van der Waals surface area contributed by atoms with Gasteiger partial charge in [0.05, 0.1) is 5.69 Å². The van der Waals surface area contributed by atoms with Crippen LogP contribution in [0.3, 0.4) is 0 Å². The zero-order valence-electron chi connectivity index (χ0n) is 10.3. The van der Waals surface area contributed by atoms with Crippen LogP contribution in [0.2, 0.25) is 0 Å². The molecule has 1 N–H and O–H groups in total. The topological polar surface area (TPSA) is 89.3 Å². The number of hydrogen-bond acceptors (Lipinski definition) is 5. The van der Waals surface area contributed by atoms with Gasteiger partial charge >= 0.3 is 0 Å². The minimum absolute atomic E-state index is 0.155. The number of carbonyl (C=O) groups is 1. The molecule has 1 heterocycles. The number of rotatable bonds is 5. The summed E-state index contributed by atoms with van der Waals surface area (Å²) < 4.78 is 28.9. The third kappa shape index (κ3) is 3.10. The molecule has 0 unspecified atom stereocenters. The highest BCUT2D eigenvalue weighted by atomic mass is 32.2. The Hall–Kier alpha value is -1.37. The van der Waals surface area contributed by atoms with Gasteiger partial charge in [-0.25, -0.2) is 8.42 Å². The third-order valence-electron chi connectivity index (χ3n) is 2.85. The second kappa shape index (κ2) is 4.72. The summed E-state index contributed by atoms with van der Waals surface area (Å²) in [7, 11) is -3.56. The standard InChI is InChI=1S/C11H16N2O4S/c1-7-5-10(17-13-7)6-18(15,16)8(2)11(14)12-9-3-4-9/h5,8-9H,3-4,6H2,1-2H3,(H,12,14)/t8-/m1/s1. The van der Waals surface area contributed by atoms with Crippen molar-refractivity contribution in [3.8, 4) is 0 Å². The Morgan fingerprint density at radius 1 is 1.61 bits per heavy atom. The summed E-state index contributed by atoms with van der Waals surface area (Å²) in [6.45, 7) is 3.11. The van der Waals surface area contributed by atoms with Crippen LogP contribution in [0.1, 0.15) is 31.2 Å². The Labute approximate surface area is 106 Å². The minimum atomic E-state index is -3.56. The van der Waals surface area contributed by atoms with Crippen LogP contribution in [-0.2, 0) is 20.4 Å². The molecule has 7 heteroatoms. The first-order valence-corrected chi connectivity index (χ1v) is 7.54. The molecule has 0 bridgehead atoms. The maximum Gasteiger partial charge on any atom is 0.238 e. The average molecular weight is 272 g/mol. The summed E-state index contributed by atoms with van der Waals surface area (Å²) in [4.78, 5) is 11.7. The van der Waals surface area contributed by atoms with Gasteiger partial charge in [-0.3, -0.25) is 4.79 Å². The fourth-order valence-electron chi connectivity index (χ4n) is 1.52. The second-order valence-corrected chi connectivity index (χ2v) is 6.99. The lowest BCUT2D eigenvalue weighted by molar-refractivity contribution is -0.120. The van der Waals surface area contributed by atoms with E-state index >= 15 is 0 Å². The Bertz CT molecular complexity index is 545. The molecule has 1 saturated carbocycles. The van der Waals surface area contributed by atoms with Gasteiger partial charge < -0.3 is 9.84 Å². The normalized spacial score (nSPS) is 17.4. The van der Waals surface area contributed by atoms with E-state index in [0.717, 1.165) is 12.8 Å². The van der Waals surface area contributed by atoms with E-state index in [2.05, 4.69) is 10.5 Å². The number of sulfone groups is 1. The molecule has 1 aliphatic rings. The number of aryl methyl sites for hydroxylation is 1. The fraction of sp³-hybridized carbons (Fsp3) is 0.636. The van der Waals surface area contributed by atoms with Gasteiger partial charge in [-0.1, -0.05) is 5.16 Å². The van der Waals surface area contributed by atoms with Crippen LogP contribution in [0.5, 0.6) is 0 Å². The summed E-state index contributed by atoms with van der Waals surface area (Å²) >= 11 is 0. The highest BCUT2D eigenvalue weighted by molar-refractivity contribution is 7.92. The van der Waals surface area contributed by atoms with E-state index in [1.165, 1.54) is 6.92 Å². The number of nitrogens with zero attached hydrogens (tertiary/aromatic N) is 1. The molecule has 0 radical (unpaired) electrons. The highest BCUT2D eigenvalue weighted by Crippen LogP contribution is 2.20. The first-order valence-electron chi connectivity index (χ1n) is 5.82. The van der Waals surface area contributed by atoms with Crippen LogP contribution in [-0.4, -0.2) is 30.8 Å². The van der Waals surface area contributed by atoms with Gasteiger partial charge in [0.15, 0.2) is 15.6 Å². The van der Waals surface area contributed by atoms with E-state index in [0.29, 0.717) is 5.69 Å². The Kier molecular flexibility index (Phi) is 3.43. The number of amides is 1. The van der Waals surface area contributed by atoms with E-state index in [1.807, 2.05) is 0 Å². The zero-order chi connectivity index (χ0) is 13.3. The molecule has 1 fully saturated rings. The van der Waals surface area contributed by atoms with Crippen LogP contribution >= 0.6 is 0 Å². The molecule has 1 aromatic heterocycles. The number of aromatic nitrogens is 1. The SMILES string of the molecule is Cc1cc(CS(=O)(=O)[C@H](C)C(=O)NC2CC2)on1. The van der Waals surface area contributed by atoms with E-state index in [-0.39, 0.29) is 17.6 Å². The molecule has 1 atom stereocenters. The quantitative estimate of drug-likeness (QED) is 0.846.